The van der Waals surface area contributed by atoms with Crippen LogP contribution in [0.1, 0.15) is 40.6 Å². The average Bonchev–Trinajstić information content (AvgIpc) is 3.50. The summed E-state index contributed by atoms with van der Waals surface area (Å²) in [5.41, 5.74) is 8.54. The van der Waals surface area contributed by atoms with Gasteiger partial charge in [0.1, 0.15) is 17.5 Å². The maximum absolute atomic E-state index is 13.4. The molecule has 0 radical (unpaired) electrons. The third kappa shape index (κ3) is 4.51. The third-order valence-electron chi connectivity index (χ3n) is 7.13. The smallest absolute Gasteiger partial charge is 0.251 e. The molecule has 2 unspecified atom stereocenters. The SMILES string of the molecule is COc1cc(-c2nc(CN3C=CN4NC(c5ccc(C)c(C)c5)CC4C3=O)c(C)o2)cc(OC)c1OC. The predicted octanol–water partition coefficient (Wildman–Crippen LogP) is 4.43. The summed E-state index contributed by atoms with van der Waals surface area (Å²) in [5.74, 6) is 2.60. The molecule has 2 aliphatic rings. The summed E-state index contributed by atoms with van der Waals surface area (Å²) >= 11 is 0. The van der Waals surface area contributed by atoms with Crippen LogP contribution in [0.2, 0.25) is 0 Å². The second kappa shape index (κ2) is 9.82. The zero-order chi connectivity index (χ0) is 26.3. The minimum Gasteiger partial charge on any atom is -0.493 e. The molecule has 0 spiro atoms. The lowest BCUT2D eigenvalue weighted by Gasteiger charge is -2.31. The third-order valence-corrected chi connectivity index (χ3v) is 7.13. The van der Waals surface area contributed by atoms with Gasteiger partial charge in [-0.1, -0.05) is 18.2 Å². The number of fused-ring (bicyclic) bond motifs is 1. The van der Waals surface area contributed by atoms with Crippen LogP contribution in [0.5, 0.6) is 17.2 Å². The van der Waals surface area contributed by atoms with Crippen molar-refractivity contribution in [1.82, 2.24) is 20.3 Å². The van der Waals surface area contributed by atoms with Gasteiger partial charge in [-0.2, -0.15) is 0 Å². The molecule has 1 fully saturated rings. The number of rotatable bonds is 7. The molecule has 3 heterocycles. The Bertz CT molecular complexity index is 1340. The van der Waals surface area contributed by atoms with Crippen LogP contribution in [0.15, 0.2) is 47.1 Å². The highest BCUT2D eigenvalue weighted by molar-refractivity contribution is 5.84. The number of aryl methyl sites for hydroxylation is 3. The van der Waals surface area contributed by atoms with E-state index < -0.39 is 0 Å². The molecule has 1 amide bonds. The first-order valence-corrected chi connectivity index (χ1v) is 12.2. The van der Waals surface area contributed by atoms with Crippen LogP contribution in [0.25, 0.3) is 11.5 Å². The molecule has 9 heteroatoms. The fourth-order valence-corrected chi connectivity index (χ4v) is 4.83. The number of nitrogens with zero attached hydrogens (tertiary/aromatic N) is 3. The van der Waals surface area contributed by atoms with Gasteiger partial charge >= 0.3 is 0 Å². The molecule has 1 N–H and O–H groups in total. The topological polar surface area (TPSA) is 89.3 Å². The van der Waals surface area contributed by atoms with E-state index >= 15 is 0 Å². The van der Waals surface area contributed by atoms with E-state index in [1.807, 2.05) is 18.1 Å². The molecule has 194 valence electrons. The molecule has 3 aromatic rings. The Labute approximate surface area is 216 Å². The standard InChI is InChI=1S/C28H32N4O5/c1-16-7-8-19(11-17(16)2)21-14-23-28(33)31(9-10-32(23)30-21)15-22-18(3)37-27(29-22)20-12-24(34-4)26(36-6)25(13-20)35-5/h7-13,21,23,30H,14-15H2,1-6H3. The fraction of sp³-hybridized carbons (Fsp3) is 0.357. The molecule has 1 saturated heterocycles. The number of carbonyl (C=O) groups excluding carboxylic acids is 1. The first-order valence-electron chi connectivity index (χ1n) is 12.2. The number of benzene rings is 2. The zero-order valence-electron chi connectivity index (χ0n) is 22.0. The summed E-state index contributed by atoms with van der Waals surface area (Å²) in [7, 11) is 4.68. The Morgan fingerprint density at radius 2 is 1.73 bits per heavy atom. The second-order valence-electron chi connectivity index (χ2n) is 9.38. The van der Waals surface area contributed by atoms with E-state index in [1.54, 1.807) is 44.6 Å². The highest BCUT2D eigenvalue weighted by Gasteiger charge is 2.40. The quantitative estimate of drug-likeness (QED) is 0.506. The predicted molar refractivity (Wildman–Crippen MR) is 138 cm³/mol. The van der Waals surface area contributed by atoms with Gasteiger partial charge in [0.15, 0.2) is 11.5 Å². The van der Waals surface area contributed by atoms with E-state index in [1.165, 1.54) is 16.7 Å². The summed E-state index contributed by atoms with van der Waals surface area (Å²) in [6, 6.07) is 9.84. The fourth-order valence-electron chi connectivity index (χ4n) is 4.83. The molecule has 0 saturated carbocycles. The molecule has 1 aromatic heterocycles. The van der Waals surface area contributed by atoms with Crippen LogP contribution in [-0.4, -0.2) is 48.2 Å². The highest BCUT2D eigenvalue weighted by Crippen LogP contribution is 2.41. The van der Waals surface area contributed by atoms with Crippen molar-refractivity contribution in [2.45, 2.75) is 45.8 Å². The van der Waals surface area contributed by atoms with Gasteiger partial charge in [0.2, 0.25) is 11.6 Å². The van der Waals surface area contributed by atoms with E-state index in [-0.39, 0.29) is 18.0 Å². The Kier molecular flexibility index (Phi) is 6.55. The van der Waals surface area contributed by atoms with E-state index in [0.717, 1.165) is 0 Å². The van der Waals surface area contributed by atoms with Gasteiger partial charge < -0.3 is 28.5 Å². The monoisotopic (exact) mass is 504 g/mol. The molecule has 0 aliphatic carbocycles. The second-order valence-corrected chi connectivity index (χ2v) is 9.38. The number of oxazole rings is 1. The number of hydrogen-bond acceptors (Lipinski definition) is 8. The number of amides is 1. The number of nitrogens with one attached hydrogen (secondary N) is 1. The maximum Gasteiger partial charge on any atom is 0.251 e. The van der Waals surface area contributed by atoms with Crippen molar-refractivity contribution in [3.63, 3.8) is 0 Å². The van der Waals surface area contributed by atoms with Crippen molar-refractivity contribution in [3.8, 4) is 28.7 Å². The Balaban J connectivity index is 1.34. The van der Waals surface area contributed by atoms with Gasteiger partial charge in [-0.25, -0.2) is 10.4 Å². The summed E-state index contributed by atoms with van der Waals surface area (Å²) < 4.78 is 22.3. The Morgan fingerprint density at radius 1 is 1.00 bits per heavy atom. The molecule has 2 aliphatic heterocycles. The van der Waals surface area contributed by atoms with Gasteiger partial charge in [0.05, 0.1) is 33.9 Å². The number of ether oxygens (including phenoxy) is 3. The normalized spacial score (nSPS) is 18.8. The lowest BCUT2D eigenvalue weighted by atomic mass is 9.97. The van der Waals surface area contributed by atoms with E-state index in [0.29, 0.717) is 53.1 Å². The van der Waals surface area contributed by atoms with Gasteiger partial charge in [0, 0.05) is 18.0 Å². The van der Waals surface area contributed by atoms with E-state index in [2.05, 4.69) is 37.5 Å². The molecule has 9 nitrogen and oxygen atoms in total. The van der Waals surface area contributed by atoms with Crippen molar-refractivity contribution < 1.29 is 23.4 Å². The molecule has 37 heavy (non-hydrogen) atoms. The van der Waals surface area contributed by atoms with E-state index in [9.17, 15) is 4.79 Å². The molecular weight excluding hydrogens is 472 g/mol. The summed E-state index contributed by atoms with van der Waals surface area (Å²) in [6.45, 7) is 6.38. The first kappa shape index (κ1) is 24.7. The zero-order valence-corrected chi connectivity index (χ0v) is 22.0. The average molecular weight is 505 g/mol. The van der Waals surface area contributed by atoms with Crippen molar-refractivity contribution in [2.75, 3.05) is 21.3 Å². The lowest BCUT2D eigenvalue weighted by Crippen LogP contribution is -2.47. The van der Waals surface area contributed by atoms with Crippen LogP contribution in [0.3, 0.4) is 0 Å². The molecule has 2 aromatic carbocycles. The van der Waals surface area contributed by atoms with Gasteiger partial charge in [-0.05, 0) is 56.0 Å². The summed E-state index contributed by atoms with van der Waals surface area (Å²) in [4.78, 5) is 19.8. The molecular formula is C28H32N4O5. The van der Waals surface area contributed by atoms with Crippen LogP contribution >= 0.6 is 0 Å². The van der Waals surface area contributed by atoms with E-state index in [4.69, 9.17) is 23.6 Å². The summed E-state index contributed by atoms with van der Waals surface area (Å²) in [6.07, 6.45) is 4.40. The number of methoxy groups -OCH3 is 3. The minimum atomic E-state index is -0.279. The molecule has 5 rings (SSSR count). The number of hydrazine groups is 1. The van der Waals surface area contributed by atoms with Crippen LogP contribution in [0.4, 0.5) is 0 Å². The summed E-state index contributed by atoms with van der Waals surface area (Å²) in [5, 5.41) is 1.91. The van der Waals surface area contributed by atoms with Gasteiger partial charge in [-0.3, -0.25) is 4.79 Å². The number of hydrogen-bond donors (Lipinski definition) is 1. The maximum atomic E-state index is 13.4. The lowest BCUT2D eigenvalue weighted by molar-refractivity contribution is -0.135. The van der Waals surface area contributed by atoms with Crippen LogP contribution in [0, 0.1) is 20.8 Å². The van der Waals surface area contributed by atoms with Crippen LogP contribution < -0.4 is 19.6 Å². The first-order chi connectivity index (χ1) is 17.8. The van der Waals surface area contributed by atoms with Crippen molar-refractivity contribution in [1.29, 1.82) is 0 Å². The van der Waals surface area contributed by atoms with Crippen LogP contribution in [-0.2, 0) is 11.3 Å². The highest BCUT2D eigenvalue weighted by atomic mass is 16.5. The number of carbonyl (C=O) groups is 1. The Hall–Kier alpha value is -3.98. The largest absolute Gasteiger partial charge is 0.493 e. The molecule has 2 atom stereocenters. The number of aromatic nitrogens is 1. The van der Waals surface area contributed by atoms with Gasteiger partial charge in [-0.15, -0.1) is 0 Å². The Morgan fingerprint density at radius 3 is 2.38 bits per heavy atom. The van der Waals surface area contributed by atoms with Gasteiger partial charge in [0.25, 0.3) is 5.91 Å². The minimum absolute atomic E-state index is 0.0260. The van der Waals surface area contributed by atoms with Crippen molar-refractivity contribution in [2.24, 2.45) is 0 Å². The van der Waals surface area contributed by atoms with Crippen molar-refractivity contribution in [3.05, 3.63) is 70.9 Å². The van der Waals surface area contributed by atoms with Crippen molar-refractivity contribution >= 4 is 5.91 Å². The molecule has 0 bridgehead atoms.